The van der Waals surface area contributed by atoms with E-state index in [1.807, 2.05) is 6.07 Å². The van der Waals surface area contributed by atoms with Gasteiger partial charge in [-0.3, -0.25) is 0 Å². The van der Waals surface area contributed by atoms with E-state index in [0.29, 0.717) is 53.8 Å². The predicted molar refractivity (Wildman–Crippen MR) is 106 cm³/mol. The van der Waals surface area contributed by atoms with E-state index in [0.717, 1.165) is 4.70 Å². The van der Waals surface area contributed by atoms with E-state index in [1.54, 1.807) is 29.2 Å². The summed E-state index contributed by atoms with van der Waals surface area (Å²) in [5.74, 6) is 0.960. The molecule has 7 nitrogen and oxygen atoms in total. The van der Waals surface area contributed by atoms with Gasteiger partial charge < -0.3 is 24.4 Å². The Hall–Kier alpha value is -3.07. The van der Waals surface area contributed by atoms with Crippen LogP contribution >= 0.6 is 11.3 Å². The number of aromatic nitrogens is 1. The number of para-hydroxylation sites is 1. The molecule has 0 bridgehead atoms. The van der Waals surface area contributed by atoms with E-state index in [4.69, 9.17) is 14.2 Å². The molecule has 0 unspecified atom stereocenters. The first-order valence-corrected chi connectivity index (χ1v) is 10.1. The van der Waals surface area contributed by atoms with Crippen LogP contribution in [0.2, 0.25) is 0 Å². The first-order chi connectivity index (χ1) is 14.2. The highest BCUT2D eigenvalue weighted by molar-refractivity contribution is 7.20. The van der Waals surface area contributed by atoms with Gasteiger partial charge >= 0.3 is 6.03 Å². The first kappa shape index (κ1) is 18.0. The zero-order chi connectivity index (χ0) is 19.8. The Labute approximate surface area is 170 Å². The number of ether oxygens (including phenoxy) is 3. The third kappa shape index (κ3) is 3.65. The number of thiazole rings is 1. The van der Waals surface area contributed by atoms with Crippen LogP contribution in [-0.2, 0) is 0 Å². The number of carbonyl (C=O) groups excluding carboxylic acids is 1. The molecule has 29 heavy (non-hydrogen) atoms. The SMILES string of the molecule is O=C(Nc1ccc2c(c1)OCO2)N1CCC(Oc2nc3c(F)cccc3s2)CC1. The summed E-state index contributed by atoms with van der Waals surface area (Å²) < 4.78 is 31.1. The molecule has 1 saturated heterocycles. The maximum Gasteiger partial charge on any atom is 0.321 e. The number of likely N-dealkylation sites (tertiary alicyclic amines) is 1. The number of nitrogens with zero attached hydrogens (tertiary/aromatic N) is 2. The summed E-state index contributed by atoms with van der Waals surface area (Å²) in [6, 6.07) is 10.0. The minimum absolute atomic E-state index is 0.0479. The molecule has 0 spiro atoms. The molecular weight excluding hydrogens is 397 g/mol. The van der Waals surface area contributed by atoms with Crippen LogP contribution in [0.25, 0.3) is 10.2 Å². The summed E-state index contributed by atoms with van der Waals surface area (Å²) in [4.78, 5) is 18.5. The minimum Gasteiger partial charge on any atom is -0.467 e. The Bertz CT molecular complexity index is 1070. The van der Waals surface area contributed by atoms with E-state index in [-0.39, 0.29) is 24.7 Å². The number of amides is 2. The van der Waals surface area contributed by atoms with Gasteiger partial charge in [0.2, 0.25) is 6.79 Å². The number of urea groups is 1. The molecule has 2 aliphatic heterocycles. The van der Waals surface area contributed by atoms with E-state index >= 15 is 0 Å². The molecule has 2 aromatic carbocycles. The lowest BCUT2D eigenvalue weighted by molar-refractivity contribution is 0.115. The summed E-state index contributed by atoms with van der Waals surface area (Å²) >= 11 is 1.34. The Morgan fingerprint density at radius 2 is 2.03 bits per heavy atom. The smallest absolute Gasteiger partial charge is 0.321 e. The number of hydrogen-bond acceptors (Lipinski definition) is 6. The van der Waals surface area contributed by atoms with Crippen LogP contribution in [0.4, 0.5) is 14.9 Å². The second kappa shape index (κ2) is 7.40. The molecule has 2 amide bonds. The molecule has 5 rings (SSSR count). The van der Waals surface area contributed by atoms with Crippen LogP contribution in [-0.4, -0.2) is 41.9 Å². The molecule has 0 atom stereocenters. The quantitative estimate of drug-likeness (QED) is 0.693. The van der Waals surface area contributed by atoms with Crippen LogP contribution in [0.5, 0.6) is 16.7 Å². The summed E-state index contributed by atoms with van der Waals surface area (Å²) in [5, 5.41) is 3.35. The van der Waals surface area contributed by atoms with Gasteiger partial charge in [-0.15, -0.1) is 0 Å². The molecule has 0 aliphatic carbocycles. The molecule has 1 fully saturated rings. The maximum absolute atomic E-state index is 13.8. The number of carbonyl (C=O) groups is 1. The third-order valence-electron chi connectivity index (χ3n) is 4.97. The van der Waals surface area contributed by atoms with Gasteiger partial charge in [0.15, 0.2) is 11.5 Å². The van der Waals surface area contributed by atoms with Crippen LogP contribution in [0.15, 0.2) is 36.4 Å². The number of halogens is 1. The monoisotopic (exact) mass is 415 g/mol. The molecule has 9 heteroatoms. The van der Waals surface area contributed by atoms with Crippen molar-refractivity contribution < 1.29 is 23.4 Å². The highest BCUT2D eigenvalue weighted by Gasteiger charge is 2.25. The van der Waals surface area contributed by atoms with Gasteiger partial charge in [-0.25, -0.2) is 9.18 Å². The van der Waals surface area contributed by atoms with Crippen LogP contribution in [0.1, 0.15) is 12.8 Å². The second-order valence-corrected chi connectivity index (χ2v) is 7.86. The number of hydrogen-bond donors (Lipinski definition) is 1. The zero-order valence-corrected chi connectivity index (χ0v) is 16.2. The van der Waals surface area contributed by atoms with E-state index < -0.39 is 0 Å². The van der Waals surface area contributed by atoms with E-state index in [1.165, 1.54) is 17.4 Å². The topological polar surface area (TPSA) is 72.9 Å². The molecule has 1 N–H and O–H groups in total. The molecule has 1 aromatic heterocycles. The number of anilines is 1. The van der Waals surface area contributed by atoms with Gasteiger partial charge in [-0.2, -0.15) is 4.98 Å². The molecule has 3 heterocycles. The van der Waals surface area contributed by atoms with Gasteiger partial charge in [0.25, 0.3) is 5.19 Å². The molecule has 3 aromatic rings. The van der Waals surface area contributed by atoms with Crippen LogP contribution < -0.4 is 19.5 Å². The lowest BCUT2D eigenvalue weighted by Gasteiger charge is -2.31. The number of piperidine rings is 1. The largest absolute Gasteiger partial charge is 0.467 e. The number of rotatable bonds is 3. The number of fused-ring (bicyclic) bond motifs is 2. The Balaban J connectivity index is 1.16. The fourth-order valence-corrected chi connectivity index (χ4v) is 4.34. The standard InChI is InChI=1S/C20H18FN3O4S/c21-14-2-1-3-17-18(14)23-20(29-17)28-13-6-8-24(9-7-13)19(25)22-12-4-5-15-16(10-12)27-11-26-15/h1-5,10,13H,6-9,11H2,(H,22,25). The highest BCUT2D eigenvalue weighted by atomic mass is 32.1. The summed E-state index contributed by atoms with van der Waals surface area (Å²) in [6.45, 7) is 1.34. The van der Waals surface area contributed by atoms with Crippen molar-refractivity contribution in [3.63, 3.8) is 0 Å². The van der Waals surface area contributed by atoms with Crippen molar-refractivity contribution in [3.05, 3.63) is 42.2 Å². The minimum atomic E-state index is -0.344. The van der Waals surface area contributed by atoms with Crippen molar-refractivity contribution in [1.82, 2.24) is 9.88 Å². The second-order valence-electron chi connectivity index (χ2n) is 6.87. The van der Waals surface area contributed by atoms with Crippen LogP contribution in [0.3, 0.4) is 0 Å². The van der Waals surface area contributed by atoms with Crippen molar-refractivity contribution in [2.75, 3.05) is 25.2 Å². The number of nitrogens with one attached hydrogen (secondary N) is 1. The molecule has 2 aliphatic rings. The maximum atomic E-state index is 13.8. The van der Waals surface area contributed by atoms with Crippen molar-refractivity contribution >= 4 is 33.3 Å². The Morgan fingerprint density at radius 1 is 1.21 bits per heavy atom. The number of benzene rings is 2. The van der Waals surface area contributed by atoms with Crippen molar-refractivity contribution in [2.24, 2.45) is 0 Å². The average molecular weight is 415 g/mol. The normalized spacial score (nSPS) is 16.2. The van der Waals surface area contributed by atoms with Crippen LogP contribution in [0, 0.1) is 5.82 Å². The summed E-state index contributed by atoms with van der Waals surface area (Å²) in [5.41, 5.74) is 1.00. The van der Waals surface area contributed by atoms with E-state index in [9.17, 15) is 9.18 Å². The molecule has 150 valence electrons. The van der Waals surface area contributed by atoms with Crippen molar-refractivity contribution in [1.29, 1.82) is 0 Å². The van der Waals surface area contributed by atoms with Gasteiger partial charge in [0, 0.05) is 37.7 Å². The average Bonchev–Trinajstić information content (AvgIpc) is 3.35. The zero-order valence-electron chi connectivity index (χ0n) is 15.4. The molecule has 0 saturated carbocycles. The van der Waals surface area contributed by atoms with Crippen molar-refractivity contribution in [3.8, 4) is 16.7 Å². The first-order valence-electron chi connectivity index (χ1n) is 9.33. The third-order valence-corrected chi connectivity index (χ3v) is 5.88. The van der Waals surface area contributed by atoms with Crippen molar-refractivity contribution in [2.45, 2.75) is 18.9 Å². The van der Waals surface area contributed by atoms with E-state index in [2.05, 4.69) is 10.3 Å². The van der Waals surface area contributed by atoms with Gasteiger partial charge in [0.05, 0.1) is 4.70 Å². The summed E-state index contributed by atoms with van der Waals surface area (Å²) in [6.07, 6.45) is 1.33. The Kier molecular flexibility index (Phi) is 4.59. The summed E-state index contributed by atoms with van der Waals surface area (Å²) in [7, 11) is 0. The predicted octanol–water partition coefficient (Wildman–Crippen LogP) is 4.24. The lowest BCUT2D eigenvalue weighted by Crippen LogP contribution is -2.43. The fourth-order valence-electron chi connectivity index (χ4n) is 3.44. The molecular formula is C20H18FN3O4S. The highest BCUT2D eigenvalue weighted by Crippen LogP contribution is 2.34. The molecule has 0 radical (unpaired) electrons. The lowest BCUT2D eigenvalue weighted by atomic mass is 10.1. The fraction of sp³-hybridized carbons (Fsp3) is 0.300. The van der Waals surface area contributed by atoms with Gasteiger partial charge in [-0.05, 0) is 24.3 Å². The van der Waals surface area contributed by atoms with Gasteiger partial charge in [-0.1, -0.05) is 17.4 Å². The Morgan fingerprint density at radius 3 is 2.86 bits per heavy atom. The van der Waals surface area contributed by atoms with Gasteiger partial charge in [0.1, 0.15) is 17.4 Å².